The molecule has 0 aliphatic heterocycles. The molecule has 0 saturated carbocycles. The molecule has 0 heterocycles. The van der Waals surface area contributed by atoms with Gasteiger partial charge in [0.1, 0.15) is 0 Å². The van der Waals surface area contributed by atoms with Crippen LogP contribution in [-0.4, -0.2) is 17.5 Å². The molecule has 0 aliphatic rings. The van der Waals surface area contributed by atoms with Crippen molar-refractivity contribution in [1.29, 1.82) is 0 Å². The maximum absolute atomic E-state index is 6.15. The predicted molar refractivity (Wildman–Crippen MR) is 70.9 cm³/mol. The molecule has 0 bridgehead atoms. The average molecular weight is 244 g/mol. The van der Waals surface area contributed by atoms with Crippen molar-refractivity contribution in [3.63, 3.8) is 0 Å². The molecule has 84 valence electrons. The number of hydrogen-bond donors (Lipinski definition) is 1. The number of rotatable bonds is 5. The average Bonchev–Trinajstić information content (AvgIpc) is 2.19. The Labute approximate surface area is 101 Å². The minimum atomic E-state index is 0.204. The molecule has 1 atom stereocenters. The van der Waals surface area contributed by atoms with Crippen molar-refractivity contribution in [2.45, 2.75) is 26.3 Å². The van der Waals surface area contributed by atoms with Gasteiger partial charge in [-0.1, -0.05) is 30.7 Å². The summed E-state index contributed by atoms with van der Waals surface area (Å²) < 4.78 is 0. The molecule has 1 rings (SSSR count). The first-order chi connectivity index (χ1) is 7.13. The van der Waals surface area contributed by atoms with Crippen molar-refractivity contribution in [3.8, 4) is 0 Å². The number of hydrogen-bond acceptors (Lipinski definition) is 2. The zero-order chi connectivity index (χ0) is 11.3. The molecule has 15 heavy (non-hydrogen) atoms. The van der Waals surface area contributed by atoms with Crippen LogP contribution in [0.25, 0.3) is 0 Å². The Morgan fingerprint density at radius 2 is 2.20 bits per heavy atom. The number of halogens is 1. The molecule has 0 aromatic heterocycles. The zero-order valence-electron chi connectivity index (χ0n) is 9.29. The van der Waals surface area contributed by atoms with Crippen LogP contribution in [-0.2, 0) is 6.42 Å². The quantitative estimate of drug-likeness (QED) is 0.859. The van der Waals surface area contributed by atoms with Crippen molar-refractivity contribution in [1.82, 2.24) is 0 Å². The van der Waals surface area contributed by atoms with E-state index < -0.39 is 0 Å². The van der Waals surface area contributed by atoms with Crippen LogP contribution < -0.4 is 5.73 Å². The lowest BCUT2D eigenvalue weighted by atomic mass is 10.1. The Hall–Kier alpha value is -0.180. The second-order valence-corrected chi connectivity index (χ2v) is 5.44. The van der Waals surface area contributed by atoms with Crippen molar-refractivity contribution >= 4 is 23.4 Å². The van der Waals surface area contributed by atoms with Gasteiger partial charge in [0, 0.05) is 16.8 Å². The maximum Gasteiger partial charge on any atom is 0.0441 e. The Bertz CT molecular complexity index is 314. The van der Waals surface area contributed by atoms with E-state index in [1.807, 2.05) is 24.8 Å². The molecule has 2 N–H and O–H groups in total. The van der Waals surface area contributed by atoms with E-state index in [2.05, 4.69) is 19.1 Å². The fraction of sp³-hybridized carbons (Fsp3) is 0.500. The van der Waals surface area contributed by atoms with Crippen LogP contribution in [0.5, 0.6) is 0 Å². The van der Waals surface area contributed by atoms with Crippen molar-refractivity contribution in [3.05, 3.63) is 34.3 Å². The minimum Gasteiger partial charge on any atom is -0.327 e. The Kier molecular flexibility index (Phi) is 5.51. The first-order valence-electron chi connectivity index (χ1n) is 5.21. The van der Waals surface area contributed by atoms with E-state index in [1.165, 1.54) is 5.56 Å². The molecule has 0 radical (unpaired) electrons. The van der Waals surface area contributed by atoms with Crippen molar-refractivity contribution in [2.75, 3.05) is 11.5 Å². The standard InChI is InChI=1S/C12H18ClNS/c1-3-15-8-11(14)7-10-5-4-9(2)6-12(10)13/h4-6,11H,3,7-8,14H2,1-2H3. The van der Waals surface area contributed by atoms with Gasteiger partial charge in [-0.25, -0.2) is 0 Å². The highest BCUT2D eigenvalue weighted by Crippen LogP contribution is 2.19. The molecular weight excluding hydrogens is 226 g/mol. The zero-order valence-corrected chi connectivity index (χ0v) is 10.9. The second-order valence-electron chi connectivity index (χ2n) is 3.72. The van der Waals surface area contributed by atoms with E-state index in [1.54, 1.807) is 0 Å². The summed E-state index contributed by atoms with van der Waals surface area (Å²) in [5.41, 5.74) is 8.37. The summed E-state index contributed by atoms with van der Waals surface area (Å²) in [7, 11) is 0. The summed E-state index contributed by atoms with van der Waals surface area (Å²) in [5, 5.41) is 0.840. The predicted octanol–water partition coefficient (Wildman–Crippen LogP) is 3.27. The largest absolute Gasteiger partial charge is 0.327 e. The van der Waals surface area contributed by atoms with Crippen LogP contribution in [0.3, 0.4) is 0 Å². The Morgan fingerprint density at radius 3 is 2.80 bits per heavy atom. The molecule has 1 aromatic rings. The molecule has 0 spiro atoms. The summed E-state index contributed by atoms with van der Waals surface area (Å²) in [6.45, 7) is 4.19. The van der Waals surface area contributed by atoms with Gasteiger partial charge in [-0.05, 0) is 36.3 Å². The first kappa shape index (κ1) is 12.9. The van der Waals surface area contributed by atoms with Gasteiger partial charge in [0.05, 0.1) is 0 Å². The van der Waals surface area contributed by atoms with Gasteiger partial charge in [-0.3, -0.25) is 0 Å². The van der Waals surface area contributed by atoms with Crippen LogP contribution in [0.1, 0.15) is 18.1 Å². The van der Waals surface area contributed by atoms with Crippen molar-refractivity contribution in [2.24, 2.45) is 5.73 Å². The van der Waals surface area contributed by atoms with Crippen LogP contribution in [0.2, 0.25) is 5.02 Å². The smallest absolute Gasteiger partial charge is 0.0441 e. The molecule has 0 aliphatic carbocycles. The fourth-order valence-electron chi connectivity index (χ4n) is 1.43. The number of thioether (sulfide) groups is 1. The van der Waals surface area contributed by atoms with E-state index in [0.29, 0.717) is 0 Å². The number of nitrogens with two attached hydrogens (primary N) is 1. The lowest BCUT2D eigenvalue weighted by molar-refractivity contribution is 0.749. The third-order valence-electron chi connectivity index (χ3n) is 2.23. The number of aryl methyl sites for hydroxylation is 1. The second kappa shape index (κ2) is 6.41. The van der Waals surface area contributed by atoms with Gasteiger partial charge < -0.3 is 5.73 Å². The van der Waals surface area contributed by atoms with Gasteiger partial charge in [0.15, 0.2) is 0 Å². The summed E-state index contributed by atoms with van der Waals surface area (Å²) in [4.78, 5) is 0. The van der Waals surface area contributed by atoms with Crippen LogP contribution in [0.15, 0.2) is 18.2 Å². The maximum atomic E-state index is 6.15. The highest BCUT2D eigenvalue weighted by Gasteiger charge is 2.07. The summed E-state index contributed by atoms with van der Waals surface area (Å²) >= 11 is 8.02. The van der Waals surface area contributed by atoms with Crippen LogP contribution in [0, 0.1) is 6.92 Å². The van der Waals surface area contributed by atoms with E-state index in [-0.39, 0.29) is 6.04 Å². The Morgan fingerprint density at radius 1 is 1.47 bits per heavy atom. The van der Waals surface area contributed by atoms with E-state index in [0.717, 1.165) is 28.5 Å². The highest BCUT2D eigenvalue weighted by molar-refractivity contribution is 7.99. The molecule has 1 nitrogen and oxygen atoms in total. The summed E-state index contributed by atoms with van der Waals surface area (Å²) in [5.74, 6) is 2.12. The third kappa shape index (κ3) is 4.45. The highest BCUT2D eigenvalue weighted by atomic mass is 35.5. The monoisotopic (exact) mass is 243 g/mol. The van der Waals surface area contributed by atoms with E-state index >= 15 is 0 Å². The van der Waals surface area contributed by atoms with Gasteiger partial charge >= 0.3 is 0 Å². The number of benzene rings is 1. The van der Waals surface area contributed by atoms with E-state index in [4.69, 9.17) is 17.3 Å². The SMILES string of the molecule is CCSCC(N)Cc1ccc(C)cc1Cl. The third-order valence-corrected chi connectivity index (χ3v) is 3.65. The van der Waals surface area contributed by atoms with Crippen LogP contribution in [0.4, 0.5) is 0 Å². The first-order valence-corrected chi connectivity index (χ1v) is 6.75. The molecular formula is C12H18ClNS. The topological polar surface area (TPSA) is 26.0 Å². The van der Waals surface area contributed by atoms with Gasteiger partial charge in [0.2, 0.25) is 0 Å². The van der Waals surface area contributed by atoms with Crippen LogP contribution >= 0.6 is 23.4 Å². The summed E-state index contributed by atoms with van der Waals surface area (Å²) in [6, 6.07) is 6.36. The van der Waals surface area contributed by atoms with Gasteiger partial charge in [-0.2, -0.15) is 11.8 Å². The molecule has 0 saturated heterocycles. The fourth-order valence-corrected chi connectivity index (χ4v) is 2.40. The van der Waals surface area contributed by atoms with E-state index in [9.17, 15) is 0 Å². The summed E-state index contributed by atoms with van der Waals surface area (Å²) in [6.07, 6.45) is 0.867. The lowest BCUT2D eigenvalue weighted by Gasteiger charge is -2.12. The molecule has 0 amide bonds. The minimum absolute atomic E-state index is 0.204. The van der Waals surface area contributed by atoms with Gasteiger partial charge in [-0.15, -0.1) is 0 Å². The molecule has 3 heteroatoms. The van der Waals surface area contributed by atoms with Crippen molar-refractivity contribution < 1.29 is 0 Å². The Balaban J connectivity index is 2.56. The van der Waals surface area contributed by atoms with Gasteiger partial charge in [0.25, 0.3) is 0 Å². The molecule has 0 fully saturated rings. The lowest BCUT2D eigenvalue weighted by Crippen LogP contribution is -2.25. The molecule has 1 aromatic carbocycles. The molecule has 1 unspecified atom stereocenters. The normalized spacial score (nSPS) is 12.8.